The second-order valence-corrected chi connectivity index (χ2v) is 13.5. The molecule has 1 aromatic carbocycles. The smallest absolute Gasteiger partial charge is 0.150 e. The zero-order valence-corrected chi connectivity index (χ0v) is 29.7. The lowest BCUT2D eigenvalue weighted by atomic mass is 10.0. The van der Waals surface area contributed by atoms with Crippen LogP contribution in [0, 0.1) is 0 Å². The number of carbonyl (C=O) groups excluding carboxylic acids is 1. The molecule has 0 saturated heterocycles. The molecule has 0 aliphatic carbocycles. The lowest BCUT2D eigenvalue weighted by Crippen LogP contribution is -2.01. The summed E-state index contributed by atoms with van der Waals surface area (Å²) < 4.78 is 12.0. The maximum absolute atomic E-state index is 11.4. The number of hydrogen-bond donors (Lipinski definition) is 0. The lowest BCUT2D eigenvalue weighted by molar-refractivity contribution is 0.112. The molecule has 1 aromatic rings. The van der Waals surface area contributed by atoms with Gasteiger partial charge in [0.05, 0.1) is 13.2 Å². The molecule has 0 radical (unpaired) electrons. The number of hydrogen-bond acceptors (Lipinski definition) is 3. The molecule has 256 valence electrons. The van der Waals surface area contributed by atoms with Gasteiger partial charge in [-0.15, -0.1) is 0 Å². The Balaban J connectivity index is 1.97. The van der Waals surface area contributed by atoms with Crippen LogP contribution in [0.2, 0.25) is 0 Å². The molecular weight excluding hydrogens is 540 g/mol. The Labute approximate surface area is 275 Å². The van der Waals surface area contributed by atoms with Gasteiger partial charge in [0.1, 0.15) is 17.8 Å². The third-order valence-electron chi connectivity index (χ3n) is 9.07. The summed E-state index contributed by atoms with van der Waals surface area (Å²) >= 11 is 0. The predicted molar refractivity (Wildman–Crippen MR) is 193 cm³/mol. The summed E-state index contributed by atoms with van der Waals surface area (Å²) in [6.45, 7) is 5.99. The second kappa shape index (κ2) is 32.9. The van der Waals surface area contributed by atoms with Gasteiger partial charge in [-0.3, -0.25) is 4.79 Å². The normalized spacial score (nSPS) is 11.2. The standard InChI is InChI=1S/C41H74O3/c1-3-5-7-9-11-13-15-17-19-21-23-25-27-29-31-33-43-40-35-39(38-42)36-41(37-40)44-34-32-30-28-26-24-22-20-18-16-14-12-10-8-6-4-2/h35-38H,3-34H2,1-2H3. The molecule has 44 heavy (non-hydrogen) atoms. The Morgan fingerprint density at radius 2 is 0.636 bits per heavy atom. The highest BCUT2D eigenvalue weighted by Gasteiger charge is 2.04. The predicted octanol–water partition coefficient (Wildman–Crippen LogP) is 14.0. The Kier molecular flexibility index (Phi) is 30.3. The number of benzene rings is 1. The molecule has 0 saturated carbocycles. The quantitative estimate of drug-likeness (QED) is 0.0563. The highest BCUT2D eigenvalue weighted by molar-refractivity contribution is 5.76. The van der Waals surface area contributed by atoms with E-state index in [4.69, 9.17) is 9.47 Å². The minimum Gasteiger partial charge on any atom is -0.493 e. The van der Waals surface area contributed by atoms with E-state index in [2.05, 4.69) is 13.8 Å². The first kappa shape index (κ1) is 40.5. The molecule has 0 fully saturated rings. The van der Waals surface area contributed by atoms with Gasteiger partial charge in [0.15, 0.2) is 0 Å². The molecule has 0 aromatic heterocycles. The van der Waals surface area contributed by atoms with Gasteiger partial charge in [-0.2, -0.15) is 0 Å². The van der Waals surface area contributed by atoms with Crippen LogP contribution < -0.4 is 9.47 Å². The summed E-state index contributed by atoms with van der Waals surface area (Å²) in [6, 6.07) is 5.61. The van der Waals surface area contributed by atoms with Crippen LogP contribution in [0.25, 0.3) is 0 Å². The molecule has 0 aliphatic rings. The van der Waals surface area contributed by atoms with E-state index < -0.39 is 0 Å². The maximum atomic E-state index is 11.4. The first-order valence-electron chi connectivity index (χ1n) is 19.7. The van der Waals surface area contributed by atoms with Crippen molar-refractivity contribution in [2.24, 2.45) is 0 Å². The van der Waals surface area contributed by atoms with Crippen molar-refractivity contribution in [3.63, 3.8) is 0 Å². The van der Waals surface area contributed by atoms with Crippen molar-refractivity contribution < 1.29 is 14.3 Å². The van der Waals surface area contributed by atoms with Gasteiger partial charge in [-0.1, -0.05) is 194 Å². The number of carbonyl (C=O) groups is 1. The van der Waals surface area contributed by atoms with Crippen molar-refractivity contribution in [3.8, 4) is 11.5 Å². The SMILES string of the molecule is CCCCCCCCCCCCCCCCCOc1cc(C=O)cc(OCCCCCCCCCCCCCCCCC)c1. The van der Waals surface area contributed by atoms with Crippen LogP contribution in [0.3, 0.4) is 0 Å². The Hall–Kier alpha value is -1.51. The van der Waals surface area contributed by atoms with Crippen molar-refractivity contribution in [2.45, 2.75) is 206 Å². The van der Waals surface area contributed by atoms with Crippen LogP contribution in [0.5, 0.6) is 11.5 Å². The zero-order chi connectivity index (χ0) is 31.6. The van der Waals surface area contributed by atoms with Crippen molar-refractivity contribution >= 4 is 6.29 Å². The van der Waals surface area contributed by atoms with E-state index in [9.17, 15) is 4.79 Å². The fourth-order valence-electron chi connectivity index (χ4n) is 6.16. The van der Waals surface area contributed by atoms with E-state index in [1.54, 1.807) is 0 Å². The average molecular weight is 615 g/mol. The number of aldehydes is 1. The highest BCUT2D eigenvalue weighted by Crippen LogP contribution is 2.23. The second-order valence-electron chi connectivity index (χ2n) is 13.5. The Bertz CT molecular complexity index is 676. The Morgan fingerprint density at radius 3 is 0.886 bits per heavy atom. The van der Waals surface area contributed by atoms with Gasteiger partial charge in [0.2, 0.25) is 0 Å². The van der Waals surface area contributed by atoms with Gasteiger partial charge < -0.3 is 9.47 Å². The molecular formula is C41H74O3. The largest absolute Gasteiger partial charge is 0.493 e. The topological polar surface area (TPSA) is 35.5 Å². The van der Waals surface area contributed by atoms with Crippen molar-refractivity contribution in [1.82, 2.24) is 0 Å². The fraction of sp³-hybridized carbons (Fsp3) is 0.829. The minimum absolute atomic E-state index is 0.630. The number of rotatable bonds is 35. The molecule has 0 unspecified atom stereocenters. The fourth-order valence-corrected chi connectivity index (χ4v) is 6.16. The van der Waals surface area contributed by atoms with E-state index in [0.29, 0.717) is 18.8 Å². The monoisotopic (exact) mass is 615 g/mol. The van der Waals surface area contributed by atoms with Crippen LogP contribution in [-0.4, -0.2) is 19.5 Å². The van der Waals surface area contributed by atoms with Crippen molar-refractivity contribution in [3.05, 3.63) is 23.8 Å². The van der Waals surface area contributed by atoms with Crippen molar-refractivity contribution in [2.75, 3.05) is 13.2 Å². The van der Waals surface area contributed by atoms with Crippen LogP contribution >= 0.6 is 0 Å². The molecule has 0 heterocycles. The van der Waals surface area contributed by atoms with Crippen LogP contribution in [0.15, 0.2) is 18.2 Å². The molecule has 0 amide bonds. The first-order valence-corrected chi connectivity index (χ1v) is 19.7. The van der Waals surface area contributed by atoms with Crippen LogP contribution in [-0.2, 0) is 0 Å². The van der Waals surface area contributed by atoms with Gasteiger partial charge in [-0.05, 0) is 25.0 Å². The third-order valence-corrected chi connectivity index (χ3v) is 9.07. The van der Waals surface area contributed by atoms with Crippen LogP contribution in [0.4, 0.5) is 0 Å². The van der Waals surface area contributed by atoms with Crippen LogP contribution in [0.1, 0.15) is 217 Å². The molecule has 1 rings (SSSR count). The highest BCUT2D eigenvalue weighted by atomic mass is 16.5. The number of ether oxygens (including phenoxy) is 2. The van der Waals surface area contributed by atoms with Gasteiger partial charge in [0.25, 0.3) is 0 Å². The molecule has 0 atom stereocenters. The summed E-state index contributed by atoms with van der Waals surface area (Å²) in [5, 5.41) is 0. The lowest BCUT2D eigenvalue weighted by Gasteiger charge is -2.11. The summed E-state index contributed by atoms with van der Waals surface area (Å²) in [6.07, 6.45) is 41.8. The van der Waals surface area contributed by atoms with Gasteiger partial charge in [-0.25, -0.2) is 0 Å². The molecule has 0 bridgehead atoms. The molecule has 0 aliphatic heterocycles. The molecule has 0 N–H and O–H groups in total. The van der Waals surface area contributed by atoms with E-state index in [0.717, 1.165) is 30.6 Å². The van der Waals surface area contributed by atoms with Gasteiger partial charge >= 0.3 is 0 Å². The summed E-state index contributed by atoms with van der Waals surface area (Å²) in [4.78, 5) is 11.4. The van der Waals surface area contributed by atoms with E-state index in [1.165, 1.54) is 180 Å². The Morgan fingerprint density at radius 1 is 0.386 bits per heavy atom. The van der Waals surface area contributed by atoms with E-state index >= 15 is 0 Å². The van der Waals surface area contributed by atoms with Gasteiger partial charge in [0, 0.05) is 11.6 Å². The van der Waals surface area contributed by atoms with E-state index in [1.807, 2.05) is 18.2 Å². The third kappa shape index (κ3) is 26.9. The summed E-state index contributed by atoms with van der Waals surface area (Å²) in [5.74, 6) is 1.51. The van der Waals surface area contributed by atoms with E-state index in [-0.39, 0.29) is 0 Å². The molecule has 3 heteroatoms. The molecule has 0 spiro atoms. The summed E-state index contributed by atoms with van der Waals surface area (Å²) in [5.41, 5.74) is 0.630. The number of unbranched alkanes of at least 4 members (excludes halogenated alkanes) is 28. The molecule has 3 nitrogen and oxygen atoms in total. The first-order chi connectivity index (χ1) is 21.8. The summed E-state index contributed by atoms with van der Waals surface area (Å²) in [7, 11) is 0. The zero-order valence-electron chi connectivity index (χ0n) is 29.7. The minimum atomic E-state index is 0.630. The average Bonchev–Trinajstić information content (AvgIpc) is 3.04. The maximum Gasteiger partial charge on any atom is 0.150 e. The van der Waals surface area contributed by atoms with Crippen molar-refractivity contribution in [1.29, 1.82) is 0 Å².